The summed E-state index contributed by atoms with van der Waals surface area (Å²) >= 11 is 0. The standard InChI is InChI=1S/C12H18N4O2/c1-9-6-14-15(8-9)3-4-16-10(2)5-11(17)13-7-12(16)18/h6,8,10H,3-5,7H2,1-2H3,(H,13,17). The van der Waals surface area contributed by atoms with Crippen molar-refractivity contribution >= 4 is 11.8 Å². The Hall–Kier alpha value is -1.85. The lowest BCUT2D eigenvalue weighted by Crippen LogP contribution is -2.41. The van der Waals surface area contributed by atoms with Gasteiger partial charge >= 0.3 is 0 Å². The molecule has 2 rings (SSSR count). The third-order valence-electron chi connectivity index (χ3n) is 3.10. The summed E-state index contributed by atoms with van der Waals surface area (Å²) in [6, 6.07) is -0.0586. The van der Waals surface area contributed by atoms with Gasteiger partial charge in [-0.2, -0.15) is 5.10 Å². The van der Waals surface area contributed by atoms with E-state index in [4.69, 9.17) is 0 Å². The smallest absolute Gasteiger partial charge is 0.242 e. The summed E-state index contributed by atoms with van der Waals surface area (Å²) in [5, 5.41) is 6.79. The first kappa shape index (κ1) is 12.6. The Labute approximate surface area is 106 Å². The van der Waals surface area contributed by atoms with Gasteiger partial charge in [-0.25, -0.2) is 0 Å². The second kappa shape index (κ2) is 5.20. The lowest BCUT2D eigenvalue weighted by Gasteiger charge is -2.26. The SMILES string of the molecule is Cc1cnn(CCN2C(=O)CNC(=O)CC2C)c1. The highest BCUT2D eigenvalue weighted by Crippen LogP contribution is 2.08. The molecule has 1 unspecified atom stereocenters. The van der Waals surface area contributed by atoms with Crippen LogP contribution in [-0.2, 0) is 16.1 Å². The third-order valence-corrected chi connectivity index (χ3v) is 3.10. The van der Waals surface area contributed by atoms with Crippen molar-refractivity contribution in [3.8, 4) is 0 Å². The fourth-order valence-electron chi connectivity index (χ4n) is 2.12. The summed E-state index contributed by atoms with van der Waals surface area (Å²) in [6.45, 7) is 5.21. The number of rotatable bonds is 3. The number of hydrogen-bond acceptors (Lipinski definition) is 3. The minimum Gasteiger partial charge on any atom is -0.347 e. The van der Waals surface area contributed by atoms with E-state index >= 15 is 0 Å². The van der Waals surface area contributed by atoms with Gasteiger partial charge in [0.05, 0.1) is 19.3 Å². The van der Waals surface area contributed by atoms with Crippen molar-refractivity contribution in [2.75, 3.05) is 13.1 Å². The fourth-order valence-corrected chi connectivity index (χ4v) is 2.12. The van der Waals surface area contributed by atoms with Crippen LogP contribution < -0.4 is 5.32 Å². The second-order valence-electron chi connectivity index (χ2n) is 4.70. The first-order valence-corrected chi connectivity index (χ1v) is 6.11. The molecule has 6 heteroatoms. The van der Waals surface area contributed by atoms with Crippen molar-refractivity contribution in [2.45, 2.75) is 32.9 Å². The molecule has 1 aliphatic rings. The van der Waals surface area contributed by atoms with E-state index in [2.05, 4.69) is 10.4 Å². The van der Waals surface area contributed by atoms with Gasteiger partial charge in [-0.3, -0.25) is 14.3 Å². The predicted octanol–water partition coefficient (Wildman–Crippen LogP) is -0.0715. The maximum absolute atomic E-state index is 11.9. The first-order valence-electron chi connectivity index (χ1n) is 6.11. The molecule has 1 N–H and O–H groups in total. The van der Waals surface area contributed by atoms with Crippen LogP contribution in [0.4, 0.5) is 0 Å². The highest BCUT2D eigenvalue weighted by Gasteiger charge is 2.25. The van der Waals surface area contributed by atoms with Gasteiger partial charge in [-0.05, 0) is 19.4 Å². The van der Waals surface area contributed by atoms with Gasteiger partial charge in [0.2, 0.25) is 11.8 Å². The molecule has 1 saturated heterocycles. The lowest BCUT2D eigenvalue weighted by molar-refractivity contribution is -0.131. The molecule has 2 amide bonds. The Kier molecular flexibility index (Phi) is 3.64. The number of amides is 2. The highest BCUT2D eigenvalue weighted by atomic mass is 16.2. The van der Waals surface area contributed by atoms with E-state index in [9.17, 15) is 9.59 Å². The molecule has 0 aromatic carbocycles. The minimum atomic E-state index is -0.0618. The summed E-state index contributed by atoms with van der Waals surface area (Å²) in [4.78, 5) is 25.0. The van der Waals surface area contributed by atoms with Crippen LogP contribution in [-0.4, -0.2) is 45.6 Å². The molecule has 1 fully saturated rings. The van der Waals surface area contributed by atoms with E-state index in [0.29, 0.717) is 19.5 Å². The van der Waals surface area contributed by atoms with E-state index in [1.807, 2.05) is 24.7 Å². The molecule has 1 aliphatic heterocycles. The van der Waals surface area contributed by atoms with Crippen LogP contribution in [0.25, 0.3) is 0 Å². The van der Waals surface area contributed by atoms with Gasteiger partial charge in [0.15, 0.2) is 0 Å². The largest absolute Gasteiger partial charge is 0.347 e. The normalized spacial score (nSPS) is 20.8. The molecule has 18 heavy (non-hydrogen) atoms. The predicted molar refractivity (Wildman–Crippen MR) is 65.8 cm³/mol. The fraction of sp³-hybridized carbons (Fsp3) is 0.583. The molecule has 0 bridgehead atoms. The van der Waals surface area contributed by atoms with Crippen molar-refractivity contribution in [1.82, 2.24) is 20.0 Å². The van der Waals surface area contributed by atoms with Crippen LogP contribution in [0.2, 0.25) is 0 Å². The maximum Gasteiger partial charge on any atom is 0.242 e. The molecule has 1 aromatic rings. The van der Waals surface area contributed by atoms with E-state index < -0.39 is 0 Å². The van der Waals surface area contributed by atoms with Gasteiger partial charge in [0.1, 0.15) is 0 Å². The van der Waals surface area contributed by atoms with E-state index in [-0.39, 0.29) is 24.4 Å². The van der Waals surface area contributed by atoms with E-state index in [0.717, 1.165) is 5.56 Å². The zero-order valence-electron chi connectivity index (χ0n) is 10.7. The second-order valence-corrected chi connectivity index (χ2v) is 4.70. The zero-order valence-corrected chi connectivity index (χ0v) is 10.7. The summed E-state index contributed by atoms with van der Waals surface area (Å²) in [5.74, 6) is -0.0921. The topological polar surface area (TPSA) is 67.2 Å². The molecular weight excluding hydrogens is 232 g/mol. The highest BCUT2D eigenvalue weighted by molar-refractivity contribution is 5.87. The van der Waals surface area contributed by atoms with Crippen LogP contribution in [0.3, 0.4) is 0 Å². The van der Waals surface area contributed by atoms with Crippen molar-refractivity contribution < 1.29 is 9.59 Å². The van der Waals surface area contributed by atoms with Crippen LogP contribution >= 0.6 is 0 Å². The number of aryl methyl sites for hydroxylation is 1. The Balaban J connectivity index is 1.97. The average Bonchev–Trinajstić information content (AvgIpc) is 2.67. The lowest BCUT2D eigenvalue weighted by atomic mass is 10.2. The Morgan fingerprint density at radius 2 is 2.22 bits per heavy atom. The number of carbonyl (C=O) groups is 2. The molecule has 1 atom stereocenters. The van der Waals surface area contributed by atoms with Crippen molar-refractivity contribution in [3.63, 3.8) is 0 Å². The van der Waals surface area contributed by atoms with Gasteiger partial charge in [0, 0.05) is 25.2 Å². The summed E-state index contributed by atoms with van der Waals surface area (Å²) in [7, 11) is 0. The van der Waals surface area contributed by atoms with Crippen LogP contribution in [0.5, 0.6) is 0 Å². The molecule has 0 saturated carbocycles. The Bertz CT molecular complexity index is 455. The molecule has 0 radical (unpaired) electrons. The zero-order chi connectivity index (χ0) is 13.1. The van der Waals surface area contributed by atoms with Crippen LogP contribution in [0, 0.1) is 6.92 Å². The number of hydrogen-bond donors (Lipinski definition) is 1. The van der Waals surface area contributed by atoms with Crippen molar-refractivity contribution in [2.24, 2.45) is 0 Å². The van der Waals surface area contributed by atoms with Crippen molar-refractivity contribution in [1.29, 1.82) is 0 Å². The van der Waals surface area contributed by atoms with Gasteiger partial charge in [-0.1, -0.05) is 0 Å². The quantitative estimate of drug-likeness (QED) is 0.816. The summed E-state index contributed by atoms with van der Waals surface area (Å²) in [6.07, 6.45) is 4.10. The molecule has 98 valence electrons. The Morgan fingerprint density at radius 3 is 2.89 bits per heavy atom. The van der Waals surface area contributed by atoms with E-state index in [1.54, 1.807) is 11.1 Å². The molecule has 1 aromatic heterocycles. The molecular formula is C12H18N4O2. The molecule has 0 aliphatic carbocycles. The van der Waals surface area contributed by atoms with E-state index in [1.165, 1.54) is 0 Å². The molecule has 0 spiro atoms. The first-order chi connectivity index (χ1) is 8.56. The number of nitrogens with zero attached hydrogens (tertiary/aromatic N) is 3. The minimum absolute atomic E-state index is 0.0303. The van der Waals surface area contributed by atoms with Gasteiger partial charge in [-0.15, -0.1) is 0 Å². The number of nitrogens with one attached hydrogen (secondary N) is 1. The molecule has 2 heterocycles. The monoisotopic (exact) mass is 250 g/mol. The summed E-state index contributed by atoms with van der Waals surface area (Å²) in [5.41, 5.74) is 1.10. The Morgan fingerprint density at radius 1 is 1.44 bits per heavy atom. The van der Waals surface area contributed by atoms with Crippen molar-refractivity contribution in [3.05, 3.63) is 18.0 Å². The number of aromatic nitrogens is 2. The van der Waals surface area contributed by atoms with Gasteiger partial charge < -0.3 is 10.2 Å². The third kappa shape index (κ3) is 2.88. The van der Waals surface area contributed by atoms with Gasteiger partial charge in [0.25, 0.3) is 0 Å². The number of carbonyl (C=O) groups excluding carboxylic acids is 2. The maximum atomic E-state index is 11.9. The summed E-state index contributed by atoms with van der Waals surface area (Å²) < 4.78 is 1.81. The van der Waals surface area contributed by atoms with Crippen LogP contribution in [0.15, 0.2) is 12.4 Å². The van der Waals surface area contributed by atoms with Crippen LogP contribution in [0.1, 0.15) is 18.9 Å². The average molecular weight is 250 g/mol. The molecule has 6 nitrogen and oxygen atoms in total.